The lowest BCUT2D eigenvalue weighted by Gasteiger charge is -2.41. The van der Waals surface area contributed by atoms with E-state index in [1.165, 1.54) is 0 Å². The largest absolute Gasteiger partial charge is 0.497 e. The molecule has 1 unspecified atom stereocenters. The first-order chi connectivity index (χ1) is 13.6. The second-order valence-corrected chi connectivity index (χ2v) is 20.8. The monoisotopic (exact) mass is 454 g/mol. The van der Waals surface area contributed by atoms with Gasteiger partial charge in [0.1, 0.15) is 5.75 Å². The lowest BCUT2D eigenvalue weighted by molar-refractivity contribution is 0.0519. The third-order valence-corrected chi connectivity index (χ3v) is 15.8. The van der Waals surface area contributed by atoms with E-state index in [-0.39, 0.29) is 16.2 Å². The summed E-state index contributed by atoms with van der Waals surface area (Å²) in [7, 11) is -2.01. The number of hydrogen-bond acceptors (Lipinski definition) is 4. The Hall–Kier alpha value is -0.666. The second-order valence-electron chi connectivity index (χ2n) is 11.3. The molecular formula is C24H46O4Si2. The predicted molar refractivity (Wildman–Crippen MR) is 132 cm³/mol. The summed E-state index contributed by atoms with van der Waals surface area (Å²) in [5.74, 6) is 0.865. The van der Waals surface area contributed by atoms with E-state index in [2.05, 4.69) is 67.7 Å². The number of rotatable bonds is 11. The SMILES string of the molecule is COc1ccc(COCCC(CO[Si](C)(C)C(C)(C)C)O[Si](C)(C)C(C)(C)C)cc1. The van der Waals surface area contributed by atoms with Gasteiger partial charge in [-0.2, -0.15) is 0 Å². The third-order valence-electron chi connectivity index (χ3n) is 6.72. The molecule has 0 fully saturated rings. The lowest BCUT2D eigenvalue weighted by Crippen LogP contribution is -2.48. The number of hydrogen-bond donors (Lipinski definition) is 0. The van der Waals surface area contributed by atoms with Gasteiger partial charge in [0, 0.05) is 6.61 Å². The molecule has 1 aromatic carbocycles. The minimum atomic E-state index is -1.88. The lowest BCUT2D eigenvalue weighted by atomic mass is 10.2. The first-order valence-electron chi connectivity index (χ1n) is 11.1. The van der Waals surface area contributed by atoms with Gasteiger partial charge in [0.2, 0.25) is 0 Å². The molecule has 1 atom stereocenters. The first-order valence-corrected chi connectivity index (χ1v) is 16.9. The van der Waals surface area contributed by atoms with Crippen molar-refractivity contribution in [3.05, 3.63) is 29.8 Å². The van der Waals surface area contributed by atoms with Gasteiger partial charge in [0.15, 0.2) is 16.6 Å². The maximum absolute atomic E-state index is 6.73. The van der Waals surface area contributed by atoms with Crippen LogP contribution < -0.4 is 4.74 Å². The van der Waals surface area contributed by atoms with Crippen molar-refractivity contribution in [1.82, 2.24) is 0 Å². The van der Waals surface area contributed by atoms with Crippen molar-refractivity contribution >= 4 is 16.6 Å². The summed E-state index contributed by atoms with van der Waals surface area (Å²) in [6.45, 7) is 24.8. The molecule has 0 spiro atoms. The number of benzene rings is 1. The van der Waals surface area contributed by atoms with Crippen molar-refractivity contribution in [2.45, 2.75) is 96.9 Å². The van der Waals surface area contributed by atoms with Crippen LogP contribution in [0.5, 0.6) is 5.75 Å². The number of methoxy groups -OCH3 is 1. The molecule has 1 rings (SSSR count). The zero-order valence-electron chi connectivity index (χ0n) is 21.3. The van der Waals surface area contributed by atoms with Crippen LogP contribution in [-0.4, -0.2) is 43.1 Å². The van der Waals surface area contributed by atoms with E-state index in [9.17, 15) is 0 Å². The van der Waals surface area contributed by atoms with Crippen molar-refractivity contribution in [3.8, 4) is 5.75 Å². The fraction of sp³-hybridized carbons (Fsp3) is 0.750. The van der Waals surface area contributed by atoms with Crippen molar-refractivity contribution < 1.29 is 18.3 Å². The Morgan fingerprint density at radius 1 is 0.833 bits per heavy atom. The van der Waals surface area contributed by atoms with E-state index in [1.54, 1.807) is 7.11 Å². The van der Waals surface area contributed by atoms with Crippen LogP contribution in [0.25, 0.3) is 0 Å². The summed E-state index contributed by atoms with van der Waals surface area (Å²) in [6.07, 6.45) is 0.910. The van der Waals surface area contributed by atoms with Crippen LogP contribution in [0.3, 0.4) is 0 Å². The smallest absolute Gasteiger partial charge is 0.192 e. The topological polar surface area (TPSA) is 36.9 Å². The zero-order chi connectivity index (χ0) is 23.2. The molecule has 0 bridgehead atoms. The summed E-state index contributed by atoms with van der Waals surface area (Å²) < 4.78 is 24.4. The van der Waals surface area contributed by atoms with Gasteiger partial charge < -0.3 is 18.3 Å². The Labute approximate surface area is 187 Å². The molecule has 0 heterocycles. The van der Waals surface area contributed by atoms with Gasteiger partial charge >= 0.3 is 0 Å². The summed E-state index contributed by atoms with van der Waals surface area (Å²) in [6, 6.07) is 8.02. The Morgan fingerprint density at radius 2 is 1.37 bits per heavy atom. The van der Waals surface area contributed by atoms with Crippen LogP contribution in [0, 0.1) is 0 Å². The van der Waals surface area contributed by atoms with Crippen LogP contribution in [0.2, 0.25) is 36.3 Å². The van der Waals surface area contributed by atoms with Crippen LogP contribution in [0.1, 0.15) is 53.5 Å². The molecule has 30 heavy (non-hydrogen) atoms. The fourth-order valence-corrected chi connectivity index (χ4v) is 4.82. The minimum absolute atomic E-state index is 0.0656. The normalized spacial score (nSPS) is 14.6. The van der Waals surface area contributed by atoms with Crippen LogP contribution in [0.4, 0.5) is 0 Å². The van der Waals surface area contributed by atoms with Gasteiger partial charge in [-0.3, -0.25) is 0 Å². The Morgan fingerprint density at radius 3 is 1.83 bits per heavy atom. The Balaban J connectivity index is 2.69. The standard InChI is InChI=1S/C24H46O4Si2/c1-23(2,3)29(8,9)27-19-22(28-30(10,11)24(4,5)6)16-17-26-18-20-12-14-21(25-7)15-13-20/h12-15,22H,16-19H2,1-11H3. The van der Waals surface area contributed by atoms with Gasteiger partial charge in [-0.05, 0) is 60.4 Å². The van der Waals surface area contributed by atoms with Crippen molar-refractivity contribution in [2.24, 2.45) is 0 Å². The van der Waals surface area contributed by atoms with E-state index in [0.717, 1.165) is 17.7 Å². The van der Waals surface area contributed by atoms with Gasteiger partial charge in [0.25, 0.3) is 0 Å². The Bertz CT molecular complexity index is 628. The maximum atomic E-state index is 6.73. The van der Waals surface area contributed by atoms with Gasteiger partial charge in [0.05, 0.1) is 26.4 Å². The van der Waals surface area contributed by atoms with E-state index in [4.69, 9.17) is 18.3 Å². The molecule has 0 radical (unpaired) electrons. The molecule has 174 valence electrons. The highest BCUT2D eigenvalue weighted by Crippen LogP contribution is 2.39. The Kier molecular flexibility index (Phi) is 9.83. The van der Waals surface area contributed by atoms with Gasteiger partial charge in [-0.15, -0.1) is 0 Å². The molecule has 1 aromatic rings. The van der Waals surface area contributed by atoms with Crippen LogP contribution in [0.15, 0.2) is 24.3 Å². The maximum Gasteiger partial charge on any atom is 0.192 e. The second kappa shape index (κ2) is 10.8. The molecule has 0 aliphatic rings. The molecule has 0 aromatic heterocycles. The summed E-state index contributed by atoms with van der Waals surface area (Å²) in [4.78, 5) is 0. The molecule has 0 aliphatic carbocycles. The van der Waals surface area contributed by atoms with E-state index < -0.39 is 16.6 Å². The molecular weight excluding hydrogens is 408 g/mol. The van der Waals surface area contributed by atoms with Crippen LogP contribution in [-0.2, 0) is 20.2 Å². The molecule has 0 aliphatic heterocycles. The van der Waals surface area contributed by atoms with Gasteiger partial charge in [-0.25, -0.2) is 0 Å². The molecule has 0 saturated carbocycles. The average molecular weight is 455 g/mol. The molecule has 0 N–H and O–H groups in total. The van der Waals surface area contributed by atoms with E-state index in [0.29, 0.717) is 19.8 Å². The highest BCUT2D eigenvalue weighted by molar-refractivity contribution is 6.74. The zero-order valence-corrected chi connectivity index (χ0v) is 23.3. The molecule has 0 amide bonds. The number of ether oxygens (including phenoxy) is 2. The van der Waals surface area contributed by atoms with Gasteiger partial charge in [-0.1, -0.05) is 53.7 Å². The first kappa shape index (κ1) is 27.4. The van der Waals surface area contributed by atoms with Crippen molar-refractivity contribution in [1.29, 1.82) is 0 Å². The van der Waals surface area contributed by atoms with E-state index in [1.807, 2.05) is 24.3 Å². The average Bonchev–Trinajstić information content (AvgIpc) is 2.61. The predicted octanol–water partition coefficient (Wildman–Crippen LogP) is 7.01. The summed E-state index contributed by atoms with van der Waals surface area (Å²) in [5.41, 5.74) is 1.15. The quantitative estimate of drug-likeness (QED) is 0.266. The molecule has 6 heteroatoms. The fourth-order valence-electron chi connectivity index (χ4n) is 2.41. The molecule has 4 nitrogen and oxygen atoms in total. The molecule has 0 saturated heterocycles. The summed E-state index contributed by atoms with van der Waals surface area (Å²) >= 11 is 0. The third kappa shape index (κ3) is 8.46. The van der Waals surface area contributed by atoms with E-state index >= 15 is 0 Å². The highest BCUT2D eigenvalue weighted by Gasteiger charge is 2.41. The van der Waals surface area contributed by atoms with Crippen molar-refractivity contribution in [3.63, 3.8) is 0 Å². The highest BCUT2D eigenvalue weighted by atomic mass is 28.4. The summed E-state index contributed by atoms with van der Waals surface area (Å²) in [5, 5.41) is 0.367. The van der Waals surface area contributed by atoms with Crippen molar-refractivity contribution in [2.75, 3.05) is 20.3 Å². The minimum Gasteiger partial charge on any atom is -0.497 e. The van der Waals surface area contributed by atoms with Crippen LogP contribution >= 0.6 is 0 Å².